The van der Waals surface area contributed by atoms with Crippen LogP contribution in [0.3, 0.4) is 0 Å². The second kappa shape index (κ2) is 17.0. The van der Waals surface area contributed by atoms with E-state index in [4.69, 9.17) is 4.74 Å². The van der Waals surface area contributed by atoms with Crippen LogP contribution in [-0.4, -0.2) is 110 Å². The fourth-order valence-corrected chi connectivity index (χ4v) is 6.74. The first kappa shape index (κ1) is 34.1. The van der Waals surface area contributed by atoms with E-state index in [1.165, 1.54) is 110 Å². The summed E-state index contributed by atoms with van der Waals surface area (Å²) in [5.41, 5.74) is -0.359. The number of hydrogen-bond acceptors (Lipinski definition) is 6. The smallest absolute Gasteiger partial charge is 1.00 e. The molecule has 0 radical (unpaired) electrons. The predicted molar refractivity (Wildman–Crippen MR) is 151 cm³/mol. The molecule has 4 fully saturated rings. The Kier molecular flexibility index (Phi) is 15.7. The van der Waals surface area contributed by atoms with E-state index < -0.39 is 0 Å². The van der Waals surface area contributed by atoms with Gasteiger partial charge < -0.3 is 16.0 Å². The van der Waals surface area contributed by atoms with Crippen LogP contribution in [0.2, 0.25) is 0 Å². The van der Waals surface area contributed by atoms with Crippen LogP contribution in [0.1, 0.15) is 93.3 Å². The van der Waals surface area contributed by atoms with Crippen molar-refractivity contribution in [2.45, 2.75) is 110 Å². The van der Waals surface area contributed by atoms with Crippen LogP contribution in [0.25, 0.3) is 0 Å². The van der Waals surface area contributed by atoms with E-state index in [1.54, 1.807) is 0 Å². The van der Waals surface area contributed by atoms with Crippen molar-refractivity contribution in [3.63, 3.8) is 0 Å². The molecule has 0 bridgehead atoms. The Morgan fingerprint density at radius 1 is 0.757 bits per heavy atom. The number of carbonyl (C=O) groups is 1. The number of rotatable bonds is 5. The van der Waals surface area contributed by atoms with Gasteiger partial charge in [-0.3, -0.25) is 14.6 Å². The summed E-state index contributed by atoms with van der Waals surface area (Å²) in [6, 6.07) is 1.59. The minimum atomic E-state index is -0.359. The van der Waals surface area contributed by atoms with E-state index in [9.17, 15) is 4.79 Å². The van der Waals surface area contributed by atoms with Gasteiger partial charge in [-0.15, -0.1) is 0 Å². The summed E-state index contributed by atoms with van der Waals surface area (Å²) in [4.78, 5) is 22.3. The van der Waals surface area contributed by atoms with Gasteiger partial charge in [-0.1, -0.05) is 32.6 Å². The molecule has 2 heterocycles. The maximum Gasteiger partial charge on any atom is 1.00 e. The van der Waals surface area contributed by atoms with E-state index in [-0.39, 0.29) is 64.4 Å². The first-order chi connectivity index (χ1) is 17.1. The van der Waals surface area contributed by atoms with Crippen LogP contribution in [0.5, 0.6) is 0 Å². The van der Waals surface area contributed by atoms with Crippen molar-refractivity contribution in [3.05, 3.63) is 0 Å². The molecular weight excluding hydrogens is 487 g/mol. The monoisotopic (exact) mass is 546 g/mol. The molecule has 0 N–H and O–H groups in total. The molecule has 4 atom stereocenters. The number of likely N-dealkylation sites (N-methyl/N-ethyl adjacent to an activating group) is 2. The quantitative estimate of drug-likeness (QED) is 0.387. The Morgan fingerprint density at radius 2 is 1.19 bits per heavy atom. The molecule has 4 rings (SSSR count). The largest absolute Gasteiger partial charge is 1.00 e. The van der Waals surface area contributed by atoms with E-state index in [1.807, 2.05) is 20.8 Å². The molecule has 212 valence electrons. The van der Waals surface area contributed by atoms with Crippen molar-refractivity contribution < 1.29 is 62.3 Å². The van der Waals surface area contributed by atoms with Gasteiger partial charge in [0.1, 0.15) is 5.60 Å². The zero-order chi connectivity index (χ0) is 26.1. The van der Waals surface area contributed by atoms with Gasteiger partial charge in [-0.05, 0) is 78.8 Å². The second-order valence-electron chi connectivity index (χ2n) is 13.3. The molecule has 0 aromatic heterocycles. The molecule has 2 aliphatic heterocycles. The standard InChI is InChI=1S/C17H32N2O2.C13H26N2.K.H/c1-17(2,3)21-16(20)13-14-6-5-7-15(12-14)19-10-8-18(4)9-11-19;1-3-12-5-4-6-13(11-12)15-9-7-14(2)8-10-15;;/h14-15H,5-13H2,1-4H3;12-13H,3-11H2,1-2H3;;/q;;+1;-1. The first-order valence-corrected chi connectivity index (χ1v) is 15.2. The summed E-state index contributed by atoms with van der Waals surface area (Å²) in [6.45, 7) is 18.0. The van der Waals surface area contributed by atoms with Gasteiger partial charge in [0.25, 0.3) is 0 Å². The van der Waals surface area contributed by atoms with Crippen LogP contribution in [0, 0.1) is 11.8 Å². The van der Waals surface area contributed by atoms with Crippen molar-refractivity contribution in [2.75, 3.05) is 66.5 Å². The van der Waals surface area contributed by atoms with Crippen LogP contribution < -0.4 is 51.4 Å². The molecule has 0 spiro atoms. The van der Waals surface area contributed by atoms with Gasteiger partial charge in [0, 0.05) is 70.9 Å². The average molecular weight is 547 g/mol. The zero-order valence-corrected chi connectivity index (χ0v) is 28.8. The van der Waals surface area contributed by atoms with Crippen LogP contribution >= 0.6 is 0 Å². The van der Waals surface area contributed by atoms with Crippen LogP contribution in [-0.2, 0) is 9.53 Å². The van der Waals surface area contributed by atoms with Gasteiger partial charge in [-0.2, -0.15) is 0 Å². The Balaban J connectivity index is 0.000000378. The van der Waals surface area contributed by atoms with Crippen molar-refractivity contribution in [2.24, 2.45) is 11.8 Å². The maximum absolute atomic E-state index is 12.0. The van der Waals surface area contributed by atoms with E-state index >= 15 is 0 Å². The number of nitrogens with zero attached hydrogens (tertiary/aromatic N) is 4. The first-order valence-electron chi connectivity index (χ1n) is 15.2. The maximum atomic E-state index is 12.0. The second-order valence-corrected chi connectivity index (χ2v) is 13.3. The molecule has 2 saturated heterocycles. The van der Waals surface area contributed by atoms with E-state index in [0.717, 1.165) is 12.0 Å². The van der Waals surface area contributed by atoms with E-state index in [2.05, 4.69) is 40.6 Å². The number of esters is 1. The summed E-state index contributed by atoms with van der Waals surface area (Å²) in [7, 11) is 4.44. The minimum absolute atomic E-state index is 0. The number of carbonyl (C=O) groups excluding carboxylic acids is 1. The summed E-state index contributed by atoms with van der Waals surface area (Å²) in [5, 5.41) is 0. The van der Waals surface area contributed by atoms with E-state index in [0.29, 0.717) is 18.4 Å². The third-order valence-corrected chi connectivity index (χ3v) is 9.07. The van der Waals surface area contributed by atoms with Gasteiger partial charge in [0.15, 0.2) is 0 Å². The minimum Gasteiger partial charge on any atom is -1.00 e. The molecule has 0 aromatic carbocycles. The van der Waals surface area contributed by atoms with Crippen molar-refractivity contribution in [1.82, 2.24) is 19.6 Å². The molecule has 4 aliphatic rings. The number of piperazine rings is 2. The summed E-state index contributed by atoms with van der Waals surface area (Å²) >= 11 is 0. The normalized spacial score (nSPS) is 31.1. The Labute approximate surface area is 273 Å². The molecule has 2 saturated carbocycles. The molecule has 0 amide bonds. The molecule has 37 heavy (non-hydrogen) atoms. The van der Waals surface area contributed by atoms with Crippen molar-refractivity contribution >= 4 is 5.97 Å². The van der Waals surface area contributed by atoms with Crippen LogP contribution in [0.15, 0.2) is 0 Å². The fourth-order valence-electron chi connectivity index (χ4n) is 6.74. The Bertz CT molecular complexity index is 649. The number of ether oxygens (including phenoxy) is 1. The third-order valence-electron chi connectivity index (χ3n) is 9.07. The van der Waals surface area contributed by atoms with Gasteiger partial charge in [0.2, 0.25) is 0 Å². The van der Waals surface area contributed by atoms with Crippen molar-refractivity contribution in [1.29, 1.82) is 0 Å². The molecule has 7 heteroatoms. The molecule has 2 aliphatic carbocycles. The summed E-state index contributed by atoms with van der Waals surface area (Å²) in [5.74, 6) is 1.51. The Hall–Kier alpha value is 0.946. The molecule has 4 unspecified atom stereocenters. The number of hydrogen-bond donors (Lipinski definition) is 0. The van der Waals surface area contributed by atoms with Crippen molar-refractivity contribution in [3.8, 4) is 0 Å². The van der Waals surface area contributed by atoms with Crippen LogP contribution in [0.4, 0.5) is 0 Å². The van der Waals surface area contributed by atoms with Gasteiger partial charge in [0.05, 0.1) is 0 Å². The summed E-state index contributed by atoms with van der Waals surface area (Å²) < 4.78 is 5.48. The molecule has 6 nitrogen and oxygen atoms in total. The molecule has 0 aromatic rings. The van der Waals surface area contributed by atoms with Gasteiger partial charge in [-0.25, -0.2) is 0 Å². The van der Waals surface area contributed by atoms with Gasteiger partial charge >= 0.3 is 57.4 Å². The SMILES string of the molecule is CCC1CCCC(N2CCN(C)CC2)C1.CN1CCN(C2CCCC(CC(=O)OC(C)(C)C)C2)CC1.[H-].[K+]. The molecular formula is C30H59KN4O2. The Morgan fingerprint density at radius 3 is 1.62 bits per heavy atom. The average Bonchev–Trinajstić information content (AvgIpc) is 2.84. The fraction of sp³-hybridized carbons (Fsp3) is 0.967. The summed E-state index contributed by atoms with van der Waals surface area (Å²) in [6.07, 6.45) is 12.8. The topological polar surface area (TPSA) is 39.3 Å². The zero-order valence-electron chi connectivity index (χ0n) is 26.6. The third kappa shape index (κ3) is 12.6. The predicted octanol–water partition coefficient (Wildman–Crippen LogP) is 1.84.